The van der Waals surface area contributed by atoms with E-state index in [9.17, 15) is 0 Å². The molecule has 2 aromatic carbocycles. The summed E-state index contributed by atoms with van der Waals surface area (Å²) in [6, 6.07) is 16.0. The van der Waals surface area contributed by atoms with E-state index in [1.807, 2.05) is 0 Å². The van der Waals surface area contributed by atoms with Crippen LogP contribution in [-0.2, 0) is 6.42 Å². The first-order valence-corrected chi connectivity index (χ1v) is 7.65. The Hall–Kier alpha value is -1.76. The van der Waals surface area contributed by atoms with E-state index in [0.717, 1.165) is 0 Å². The highest BCUT2D eigenvalue weighted by molar-refractivity contribution is 5.54. The van der Waals surface area contributed by atoms with Crippen molar-refractivity contribution in [2.75, 3.05) is 5.32 Å². The maximum Gasteiger partial charge on any atom is 0.0516 e. The van der Waals surface area contributed by atoms with Crippen LogP contribution in [0.2, 0.25) is 0 Å². The van der Waals surface area contributed by atoms with Crippen molar-refractivity contribution in [1.29, 1.82) is 0 Å². The Labute approximate surface area is 122 Å². The van der Waals surface area contributed by atoms with Crippen LogP contribution >= 0.6 is 0 Å². The first-order chi connectivity index (χ1) is 9.74. The number of anilines is 1. The number of nitrogens with one attached hydrogen (secondary N) is 1. The van der Waals surface area contributed by atoms with E-state index in [1.54, 1.807) is 0 Å². The number of rotatable bonds is 2. The summed E-state index contributed by atoms with van der Waals surface area (Å²) >= 11 is 0. The minimum absolute atomic E-state index is 0.453. The Morgan fingerprint density at radius 2 is 1.85 bits per heavy atom. The van der Waals surface area contributed by atoms with Gasteiger partial charge in [-0.1, -0.05) is 42.8 Å². The molecule has 104 valence electrons. The number of aryl methyl sites for hydroxylation is 3. The van der Waals surface area contributed by atoms with Crippen molar-refractivity contribution < 1.29 is 0 Å². The summed E-state index contributed by atoms with van der Waals surface area (Å²) < 4.78 is 0. The largest absolute Gasteiger partial charge is 0.378 e. The Bertz CT molecular complexity index is 600. The van der Waals surface area contributed by atoms with Crippen molar-refractivity contribution in [2.45, 2.75) is 45.6 Å². The van der Waals surface area contributed by atoms with Crippen LogP contribution in [0.15, 0.2) is 42.5 Å². The van der Waals surface area contributed by atoms with E-state index in [0.29, 0.717) is 6.04 Å². The molecule has 0 bridgehead atoms. The Morgan fingerprint density at radius 3 is 2.75 bits per heavy atom. The third-order valence-corrected chi connectivity index (χ3v) is 4.34. The molecule has 1 atom stereocenters. The molecule has 0 saturated heterocycles. The molecule has 1 nitrogen and oxygen atoms in total. The Kier molecular flexibility index (Phi) is 3.77. The van der Waals surface area contributed by atoms with Gasteiger partial charge in [0.1, 0.15) is 0 Å². The van der Waals surface area contributed by atoms with E-state index in [1.165, 1.54) is 53.6 Å². The highest BCUT2D eigenvalue weighted by atomic mass is 14.9. The quantitative estimate of drug-likeness (QED) is 0.737. The normalized spacial score (nSPS) is 18.2. The van der Waals surface area contributed by atoms with E-state index in [2.05, 4.69) is 61.6 Å². The summed E-state index contributed by atoms with van der Waals surface area (Å²) in [4.78, 5) is 0. The molecule has 1 heteroatoms. The van der Waals surface area contributed by atoms with E-state index >= 15 is 0 Å². The van der Waals surface area contributed by atoms with E-state index in [-0.39, 0.29) is 0 Å². The lowest BCUT2D eigenvalue weighted by molar-refractivity contribution is 0.644. The molecule has 0 amide bonds. The topological polar surface area (TPSA) is 12.0 Å². The van der Waals surface area contributed by atoms with Gasteiger partial charge in [-0.25, -0.2) is 0 Å². The van der Waals surface area contributed by atoms with Crippen LogP contribution in [0.4, 0.5) is 5.69 Å². The molecule has 1 unspecified atom stereocenters. The maximum absolute atomic E-state index is 3.79. The molecule has 1 aliphatic rings. The number of hydrogen-bond acceptors (Lipinski definition) is 1. The molecular formula is C19H23N. The van der Waals surface area contributed by atoms with Crippen LogP contribution in [0.1, 0.15) is 47.6 Å². The van der Waals surface area contributed by atoms with Crippen LogP contribution in [0.5, 0.6) is 0 Å². The Balaban J connectivity index is 1.92. The van der Waals surface area contributed by atoms with Crippen LogP contribution in [-0.4, -0.2) is 0 Å². The monoisotopic (exact) mass is 265 g/mol. The number of hydrogen-bond donors (Lipinski definition) is 1. The van der Waals surface area contributed by atoms with Gasteiger partial charge in [-0.15, -0.1) is 0 Å². The fourth-order valence-corrected chi connectivity index (χ4v) is 3.15. The highest BCUT2D eigenvalue weighted by Gasteiger charge is 2.18. The fourth-order valence-electron chi connectivity index (χ4n) is 3.15. The predicted molar refractivity (Wildman–Crippen MR) is 86.3 cm³/mol. The van der Waals surface area contributed by atoms with Gasteiger partial charge < -0.3 is 5.32 Å². The summed E-state index contributed by atoms with van der Waals surface area (Å²) in [6.07, 6.45) is 5.06. The molecule has 2 aromatic rings. The average Bonchev–Trinajstić information content (AvgIpc) is 2.66. The van der Waals surface area contributed by atoms with Crippen LogP contribution < -0.4 is 5.32 Å². The number of fused-ring (bicyclic) bond motifs is 1. The van der Waals surface area contributed by atoms with Gasteiger partial charge in [0.15, 0.2) is 0 Å². The van der Waals surface area contributed by atoms with Gasteiger partial charge in [0.25, 0.3) is 0 Å². The maximum atomic E-state index is 3.79. The molecule has 0 spiro atoms. The second kappa shape index (κ2) is 5.70. The summed E-state index contributed by atoms with van der Waals surface area (Å²) in [7, 11) is 0. The van der Waals surface area contributed by atoms with Gasteiger partial charge in [-0.2, -0.15) is 0 Å². The minimum atomic E-state index is 0.453. The zero-order chi connectivity index (χ0) is 13.9. The van der Waals surface area contributed by atoms with E-state index in [4.69, 9.17) is 0 Å². The Morgan fingerprint density at radius 1 is 1.00 bits per heavy atom. The summed E-state index contributed by atoms with van der Waals surface area (Å²) in [5.74, 6) is 0. The van der Waals surface area contributed by atoms with Crippen molar-refractivity contribution >= 4 is 5.69 Å². The molecule has 1 aliphatic carbocycles. The van der Waals surface area contributed by atoms with Gasteiger partial charge in [-0.3, -0.25) is 0 Å². The molecule has 3 rings (SSSR count). The zero-order valence-electron chi connectivity index (χ0n) is 12.4. The molecule has 1 N–H and O–H groups in total. The molecule has 0 saturated carbocycles. The lowest BCUT2D eigenvalue weighted by Crippen LogP contribution is -2.12. The number of benzene rings is 2. The lowest BCUT2D eigenvalue weighted by Gasteiger charge is -2.22. The smallest absolute Gasteiger partial charge is 0.0516 e. The highest BCUT2D eigenvalue weighted by Crippen LogP contribution is 2.32. The standard InChI is InChI=1S/C19H23N/c1-14-11-12-15(2)19(13-14)20-18-10-6-4-8-16-7-3-5-9-17(16)18/h3,5,7,9,11-13,18,20H,4,6,8,10H2,1-2H3. The summed E-state index contributed by atoms with van der Waals surface area (Å²) in [6.45, 7) is 4.34. The van der Waals surface area contributed by atoms with Gasteiger partial charge in [0, 0.05) is 5.69 Å². The lowest BCUT2D eigenvalue weighted by atomic mass is 9.98. The molecular weight excluding hydrogens is 242 g/mol. The second-order valence-electron chi connectivity index (χ2n) is 5.96. The van der Waals surface area contributed by atoms with Crippen molar-refractivity contribution in [2.24, 2.45) is 0 Å². The molecule has 0 fully saturated rings. The van der Waals surface area contributed by atoms with Crippen molar-refractivity contribution in [3.05, 3.63) is 64.7 Å². The minimum Gasteiger partial charge on any atom is -0.378 e. The zero-order valence-corrected chi connectivity index (χ0v) is 12.4. The van der Waals surface area contributed by atoms with Crippen molar-refractivity contribution in [1.82, 2.24) is 0 Å². The van der Waals surface area contributed by atoms with Gasteiger partial charge in [0.2, 0.25) is 0 Å². The predicted octanol–water partition coefficient (Wildman–Crippen LogP) is 5.18. The van der Waals surface area contributed by atoms with Crippen molar-refractivity contribution in [3.8, 4) is 0 Å². The fraction of sp³-hybridized carbons (Fsp3) is 0.368. The van der Waals surface area contributed by atoms with Crippen LogP contribution in [0.25, 0.3) is 0 Å². The first kappa shape index (κ1) is 13.2. The molecule has 0 aliphatic heterocycles. The molecule has 20 heavy (non-hydrogen) atoms. The molecule has 0 aromatic heterocycles. The van der Waals surface area contributed by atoms with Crippen molar-refractivity contribution in [3.63, 3.8) is 0 Å². The third kappa shape index (κ3) is 2.72. The average molecular weight is 265 g/mol. The van der Waals surface area contributed by atoms with E-state index < -0.39 is 0 Å². The van der Waals surface area contributed by atoms with Gasteiger partial charge in [-0.05, 0) is 61.4 Å². The first-order valence-electron chi connectivity index (χ1n) is 7.65. The van der Waals surface area contributed by atoms with Gasteiger partial charge in [0.05, 0.1) is 6.04 Å². The van der Waals surface area contributed by atoms with Gasteiger partial charge >= 0.3 is 0 Å². The SMILES string of the molecule is Cc1ccc(C)c(NC2CCCCc3ccccc32)c1. The molecule has 0 heterocycles. The van der Waals surface area contributed by atoms with Crippen LogP contribution in [0, 0.1) is 13.8 Å². The second-order valence-corrected chi connectivity index (χ2v) is 5.96. The summed E-state index contributed by atoms with van der Waals surface area (Å²) in [5, 5.41) is 3.79. The third-order valence-electron chi connectivity index (χ3n) is 4.34. The van der Waals surface area contributed by atoms with Crippen LogP contribution in [0.3, 0.4) is 0 Å². The summed E-state index contributed by atoms with van der Waals surface area (Å²) in [5.41, 5.74) is 6.95. The molecule has 0 radical (unpaired) electrons.